The van der Waals surface area contributed by atoms with Gasteiger partial charge in [0.1, 0.15) is 5.76 Å². The van der Waals surface area contributed by atoms with E-state index in [2.05, 4.69) is 28.1 Å². The summed E-state index contributed by atoms with van der Waals surface area (Å²) >= 11 is 1.76. The molecule has 3 heterocycles. The number of thiophene rings is 1. The Morgan fingerprint density at radius 2 is 2.18 bits per heavy atom. The van der Waals surface area contributed by atoms with Crippen LogP contribution in [0.4, 0.5) is 0 Å². The first-order chi connectivity index (χ1) is 13.9. The van der Waals surface area contributed by atoms with E-state index in [1.165, 1.54) is 37.0 Å². The minimum Gasteiger partial charge on any atom is -0.469 e. The van der Waals surface area contributed by atoms with Crippen molar-refractivity contribution in [2.75, 3.05) is 13.2 Å². The van der Waals surface area contributed by atoms with Crippen molar-refractivity contribution in [1.82, 2.24) is 10.6 Å². The second-order valence-electron chi connectivity index (χ2n) is 8.31. The number of nitrogens with zero attached hydrogens (tertiary/aromatic N) is 1. The van der Waals surface area contributed by atoms with Crippen LogP contribution in [-0.4, -0.2) is 31.3 Å². The molecule has 5 nitrogen and oxygen atoms in total. The molecule has 3 fully saturated rings. The van der Waals surface area contributed by atoms with Crippen LogP contribution in [0.25, 0.3) is 0 Å². The highest BCUT2D eigenvalue weighted by Crippen LogP contribution is 2.60. The molecule has 6 heteroatoms. The van der Waals surface area contributed by atoms with E-state index in [1.807, 2.05) is 12.1 Å². The summed E-state index contributed by atoms with van der Waals surface area (Å²) in [6.45, 7) is 2.45. The summed E-state index contributed by atoms with van der Waals surface area (Å²) in [5.41, 5.74) is 0.327. The molecule has 3 aliphatic rings. The first-order valence-electron chi connectivity index (χ1n) is 10.6. The van der Waals surface area contributed by atoms with Crippen LogP contribution in [-0.2, 0) is 17.7 Å². The van der Waals surface area contributed by atoms with Crippen molar-refractivity contribution < 1.29 is 9.15 Å². The molecule has 2 saturated carbocycles. The zero-order valence-electron chi connectivity index (χ0n) is 16.2. The van der Waals surface area contributed by atoms with Crippen LogP contribution >= 0.6 is 11.3 Å². The Labute approximate surface area is 170 Å². The molecule has 2 N–H and O–H groups in total. The number of hydrogen-bond acceptors (Lipinski definition) is 4. The van der Waals surface area contributed by atoms with Crippen molar-refractivity contribution in [3.8, 4) is 0 Å². The largest absolute Gasteiger partial charge is 0.469 e. The fraction of sp³-hybridized carbons (Fsp3) is 0.591. The minimum absolute atomic E-state index is 0.327. The zero-order chi connectivity index (χ0) is 18.8. The lowest BCUT2D eigenvalue weighted by Gasteiger charge is -2.57. The number of ether oxygens (including phenoxy) is 1. The molecular weight excluding hydrogens is 370 g/mol. The van der Waals surface area contributed by atoms with Crippen LogP contribution in [0.1, 0.15) is 42.7 Å². The molecule has 0 bridgehead atoms. The van der Waals surface area contributed by atoms with E-state index in [0.29, 0.717) is 23.5 Å². The van der Waals surface area contributed by atoms with Crippen molar-refractivity contribution in [2.45, 2.75) is 57.2 Å². The maximum atomic E-state index is 6.14. The Morgan fingerprint density at radius 1 is 1.25 bits per heavy atom. The zero-order valence-corrected chi connectivity index (χ0v) is 17.0. The van der Waals surface area contributed by atoms with Gasteiger partial charge in [-0.2, -0.15) is 0 Å². The number of aliphatic imine (C=N–C) groups is 1. The number of rotatable bonds is 6. The highest BCUT2D eigenvalue weighted by Gasteiger charge is 2.65. The molecule has 1 spiro atoms. The van der Waals surface area contributed by atoms with E-state index in [4.69, 9.17) is 14.1 Å². The molecular formula is C22H29N3O2S. The summed E-state index contributed by atoms with van der Waals surface area (Å²) in [4.78, 5) is 6.20. The van der Waals surface area contributed by atoms with E-state index >= 15 is 0 Å². The van der Waals surface area contributed by atoms with Crippen LogP contribution in [0.3, 0.4) is 0 Å². The summed E-state index contributed by atoms with van der Waals surface area (Å²) in [5.74, 6) is 2.57. The van der Waals surface area contributed by atoms with Crippen LogP contribution in [0.2, 0.25) is 0 Å². The molecule has 28 heavy (non-hydrogen) atoms. The van der Waals surface area contributed by atoms with Crippen molar-refractivity contribution >= 4 is 17.3 Å². The average Bonchev–Trinajstić information content (AvgIpc) is 3.49. The lowest BCUT2D eigenvalue weighted by Crippen LogP contribution is -2.69. The third kappa shape index (κ3) is 3.37. The fourth-order valence-electron chi connectivity index (χ4n) is 5.52. The van der Waals surface area contributed by atoms with Gasteiger partial charge in [-0.3, -0.25) is 0 Å². The highest BCUT2D eigenvalue weighted by atomic mass is 32.1. The minimum atomic E-state index is 0.327. The average molecular weight is 400 g/mol. The van der Waals surface area contributed by atoms with Crippen molar-refractivity contribution in [3.63, 3.8) is 0 Å². The van der Waals surface area contributed by atoms with Crippen LogP contribution < -0.4 is 10.6 Å². The van der Waals surface area contributed by atoms with Crippen molar-refractivity contribution in [1.29, 1.82) is 0 Å². The summed E-state index contributed by atoms with van der Waals surface area (Å²) in [7, 11) is 0. The van der Waals surface area contributed by atoms with Gasteiger partial charge in [0, 0.05) is 41.8 Å². The second kappa shape index (κ2) is 7.91. The van der Waals surface area contributed by atoms with Gasteiger partial charge in [-0.1, -0.05) is 18.9 Å². The Bertz CT molecular complexity index is 781. The molecule has 2 aliphatic carbocycles. The molecule has 0 radical (unpaired) electrons. The molecule has 3 unspecified atom stereocenters. The molecule has 1 saturated heterocycles. The van der Waals surface area contributed by atoms with Gasteiger partial charge in [-0.05, 0) is 42.8 Å². The fourth-order valence-corrected chi connectivity index (χ4v) is 6.15. The summed E-state index contributed by atoms with van der Waals surface area (Å²) < 4.78 is 11.6. The maximum absolute atomic E-state index is 6.14. The summed E-state index contributed by atoms with van der Waals surface area (Å²) in [6.07, 6.45) is 9.47. The molecule has 1 aliphatic heterocycles. The van der Waals surface area contributed by atoms with E-state index in [9.17, 15) is 0 Å². The third-order valence-electron chi connectivity index (χ3n) is 6.80. The number of fused-ring (bicyclic) bond motifs is 2. The van der Waals surface area contributed by atoms with Gasteiger partial charge < -0.3 is 19.8 Å². The maximum Gasteiger partial charge on any atom is 0.191 e. The molecule has 0 amide bonds. The van der Waals surface area contributed by atoms with Crippen LogP contribution in [0.5, 0.6) is 0 Å². The van der Waals surface area contributed by atoms with Gasteiger partial charge in [0.25, 0.3) is 0 Å². The van der Waals surface area contributed by atoms with Crippen LogP contribution in [0, 0.1) is 11.3 Å². The lowest BCUT2D eigenvalue weighted by atomic mass is 9.54. The molecule has 150 valence electrons. The van der Waals surface area contributed by atoms with Gasteiger partial charge in [0.2, 0.25) is 0 Å². The Kier molecular flexibility index (Phi) is 5.16. The lowest BCUT2D eigenvalue weighted by molar-refractivity contribution is -0.125. The summed E-state index contributed by atoms with van der Waals surface area (Å²) in [5, 5.41) is 9.49. The number of hydrogen-bond donors (Lipinski definition) is 2. The van der Waals surface area contributed by atoms with E-state index in [-0.39, 0.29) is 0 Å². The van der Waals surface area contributed by atoms with Gasteiger partial charge in [-0.15, -0.1) is 11.3 Å². The molecule has 2 aromatic heterocycles. The third-order valence-corrected chi connectivity index (χ3v) is 7.66. The molecule has 3 atom stereocenters. The monoisotopic (exact) mass is 399 g/mol. The van der Waals surface area contributed by atoms with Crippen LogP contribution in [0.15, 0.2) is 45.3 Å². The van der Waals surface area contributed by atoms with Gasteiger partial charge in [0.15, 0.2) is 5.96 Å². The number of nitrogens with one attached hydrogen (secondary N) is 2. The van der Waals surface area contributed by atoms with Gasteiger partial charge in [0.05, 0.1) is 18.9 Å². The van der Waals surface area contributed by atoms with E-state index < -0.39 is 0 Å². The van der Waals surface area contributed by atoms with Crippen molar-refractivity contribution in [3.05, 3.63) is 46.5 Å². The van der Waals surface area contributed by atoms with E-state index in [0.717, 1.165) is 37.8 Å². The first kappa shape index (κ1) is 18.3. The normalized spacial score (nSPS) is 28.3. The first-order valence-corrected chi connectivity index (χ1v) is 11.4. The molecule has 2 aromatic rings. The SMILES string of the molecule is c1coc(CCNC(=NCc2cccs2)NC2C3CCOC3C23CCCC3)c1. The van der Waals surface area contributed by atoms with Crippen molar-refractivity contribution in [2.24, 2.45) is 16.3 Å². The predicted octanol–water partition coefficient (Wildman–Crippen LogP) is 3.97. The van der Waals surface area contributed by atoms with E-state index in [1.54, 1.807) is 17.6 Å². The van der Waals surface area contributed by atoms with Gasteiger partial charge in [-0.25, -0.2) is 4.99 Å². The molecule has 0 aromatic carbocycles. The number of furan rings is 1. The quantitative estimate of drug-likeness (QED) is 0.570. The Balaban J connectivity index is 1.28. The van der Waals surface area contributed by atoms with Gasteiger partial charge >= 0.3 is 0 Å². The predicted molar refractivity (Wildman–Crippen MR) is 112 cm³/mol. The highest BCUT2D eigenvalue weighted by molar-refractivity contribution is 7.09. The number of guanidine groups is 1. The summed E-state index contributed by atoms with van der Waals surface area (Å²) in [6, 6.07) is 8.69. The standard InChI is InChI=1S/C22H29N3O2S/c1-2-10-22(9-1)19(18-8-13-27-20(18)22)25-21(24-15-17-6-4-14-28-17)23-11-7-16-5-3-12-26-16/h3-6,12,14,18-20H,1-2,7-11,13,15H2,(H2,23,24,25). The topological polar surface area (TPSA) is 58.8 Å². The molecule has 5 rings (SSSR count). The Hall–Kier alpha value is -1.79. The Morgan fingerprint density at radius 3 is 2.96 bits per heavy atom. The smallest absolute Gasteiger partial charge is 0.191 e. The second-order valence-corrected chi connectivity index (χ2v) is 9.34.